The van der Waals surface area contributed by atoms with Gasteiger partial charge in [0.15, 0.2) is 0 Å². The number of rotatable bonds is 8. The van der Waals surface area contributed by atoms with Gasteiger partial charge in [-0.1, -0.05) is 31.2 Å². The van der Waals surface area contributed by atoms with E-state index in [1.165, 1.54) is 16.7 Å². The molecule has 1 aromatic carbocycles. The highest BCUT2D eigenvalue weighted by Crippen LogP contribution is 2.17. The molecule has 4 nitrogen and oxygen atoms in total. The predicted molar refractivity (Wildman–Crippen MR) is 89.5 cm³/mol. The second-order valence-electron chi connectivity index (χ2n) is 5.78. The average molecular weight is 301 g/mol. The van der Waals surface area contributed by atoms with Gasteiger partial charge < -0.3 is 5.11 Å². The summed E-state index contributed by atoms with van der Waals surface area (Å²) in [7, 11) is 0. The molecule has 0 saturated carbocycles. The summed E-state index contributed by atoms with van der Waals surface area (Å²) in [4.78, 5) is 2.35. The molecule has 1 N–H and O–H groups in total. The Morgan fingerprint density at radius 3 is 2.59 bits per heavy atom. The first-order chi connectivity index (χ1) is 10.7. The van der Waals surface area contributed by atoms with Crippen LogP contribution in [0.3, 0.4) is 0 Å². The lowest BCUT2D eigenvalue weighted by molar-refractivity contribution is 0.106. The van der Waals surface area contributed by atoms with E-state index in [-0.39, 0.29) is 12.6 Å². The minimum Gasteiger partial charge on any atom is -0.395 e. The number of aromatic nitrogens is 2. The maximum atomic E-state index is 9.71. The summed E-state index contributed by atoms with van der Waals surface area (Å²) >= 11 is 0. The Bertz CT molecular complexity index is 575. The first-order valence-electron chi connectivity index (χ1n) is 8.08. The molecule has 0 saturated heterocycles. The van der Waals surface area contributed by atoms with Crippen LogP contribution >= 0.6 is 0 Å². The third kappa shape index (κ3) is 4.18. The van der Waals surface area contributed by atoms with Crippen molar-refractivity contribution in [3.05, 3.63) is 53.3 Å². The van der Waals surface area contributed by atoms with E-state index in [4.69, 9.17) is 0 Å². The molecule has 22 heavy (non-hydrogen) atoms. The number of aliphatic hydroxyl groups excluding tert-OH is 1. The minimum atomic E-state index is 0.171. The zero-order valence-corrected chi connectivity index (χ0v) is 13.9. The van der Waals surface area contributed by atoms with Gasteiger partial charge in [-0.15, -0.1) is 0 Å². The number of hydrogen-bond acceptors (Lipinski definition) is 3. The molecular weight excluding hydrogens is 274 g/mol. The first-order valence-corrected chi connectivity index (χ1v) is 8.08. The van der Waals surface area contributed by atoms with Crippen LogP contribution < -0.4 is 0 Å². The molecule has 0 bridgehead atoms. The summed E-state index contributed by atoms with van der Waals surface area (Å²) in [5.41, 5.74) is 3.81. The Labute approximate surface area is 133 Å². The molecule has 0 radical (unpaired) electrons. The fourth-order valence-corrected chi connectivity index (χ4v) is 2.72. The van der Waals surface area contributed by atoms with Crippen LogP contribution in [0.4, 0.5) is 0 Å². The van der Waals surface area contributed by atoms with E-state index >= 15 is 0 Å². The van der Waals surface area contributed by atoms with Crippen LogP contribution in [0.2, 0.25) is 0 Å². The SMILES string of the molecule is CC[C@@H](CO)N(Cc1cnn(CC)c1)Cc1ccccc1C. The van der Waals surface area contributed by atoms with E-state index in [1.807, 2.05) is 10.9 Å². The Morgan fingerprint density at radius 2 is 2.00 bits per heavy atom. The van der Waals surface area contributed by atoms with Crippen LogP contribution in [0.25, 0.3) is 0 Å². The largest absolute Gasteiger partial charge is 0.395 e. The average Bonchev–Trinajstić information content (AvgIpc) is 2.98. The summed E-state index contributed by atoms with van der Waals surface area (Å²) in [5, 5.41) is 14.1. The summed E-state index contributed by atoms with van der Waals surface area (Å²) in [5.74, 6) is 0. The van der Waals surface area contributed by atoms with Crippen molar-refractivity contribution in [1.82, 2.24) is 14.7 Å². The molecule has 0 fully saturated rings. The molecule has 2 rings (SSSR count). The van der Waals surface area contributed by atoms with Gasteiger partial charge in [-0.2, -0.15) is 5.10 Å². The van der Waals surface area contributed by atoms with Crippen LogP contribution in [0.5, 0.6) is 0 Å². The summed E-state index contributed by atoms with van der Waals surface area (Å²) in [6.07, 6.45) is 4.96. The highest BCUT2D eigenvalue weighted by Gasteiger charge is 2.18. The van der Waals surface area contributed by atoms with Crippen LogP contribution in [-0.4, -0.2) is 32.4 Å². The second kappa shape index (κ2) is 8.11. The predicted octanol–water partition coefficient (Wildman–Crippen LogP) is 2.98. The summed E-state index contributed by atoms with van der Waals surface area (Å²) in [6.45, 7) is 9.09. The molecule has 2 aromatic rings. The topological polar surface area (TPSA) is 41.3 Å². The van der Waals surface area contributed by atoms with Crippen molar-refractivity contribution in [2.75, 3.05) is 6.61 Å². The lowest BCUT2D eigenvalue weighted by Gasteiger charge is -2.30. The highest BCUT2D eigenvalue weighted by molar-refractivity contribution is 5.25. The number of aliphatic hydroxyl groups is 1. The van der Waals surface area contributed by atoms with Gasteiger partial charge in [-0.3, -0.25) is 9.58 Å². The fraction of sp³-hybridized carbons (Fsp3) is 0.500. The number of hydrogen-bond donors (Lipinski definition) is 1. The van der Waals surface area contributed by atoms with Crippen molar-refractivity contribution in [2.45, 2.75) is 52.9 Å². The van der Waals surface area contributed by atoms with Crippen LogP contribution in [-0.2, 0) is 19.6 Å². The van der Waals surface area contributed by atoms with E-state index < -0.39 is 0 Å². The van der Waals surface area contributed by atoms with E-state index in [0.717, 1.165) is 26.1 Å². The Morgan fingerprint density at radius 1 is 1.23 bits per heavy atom. The zero-order chi connectivity index (χ0) is 15.9. The van der Waals surface area contributed by atoms with Crippen molar-refractivity contribution in [3.63, 3.8) is 0 Å². The van der Waals surface area contributed by atoms with Gasteiger partial charge in [-0.05, 0) is 31.4 Å². The molecule has 0 spiro atoms. The number of nitrogens with zero attached hydrogens (tertiary/aromatic N) is 3. The monoisotopic (exact) mass is 301 g/mol. The van der Waals surface area contributed by atoms with E-state index in [1.54, 1.807) is 0 Å². The zero-order valence-electron chi connectivity index (χ0n) is 13.9. The standard InChI is InChI=1S/C18H27N3O/c1-4-18(14-22)20(11-16-10-19-21(5-2)12-16)13-17-9-7-6-8-15(17)3/h6-10,12,18,22H,4-5,11,13-14H2,1-3H3/t18-/m0/s1. The van der Waals surface area contributed by atoms with Crippen molar-refractivity contribution in [2.24, 2.45) is 0 Å². The van der Waals surface area contributed by atoms with Crippen molar-refractivity contribution >= 4 is 0 Å². The fourth-order valence-electron chi connectivity index (χ4n) is 2.72. The van der Waals surface area contributed by atoms with E-state index in [9.17, 15) is 5.11 Å². The Kier molecular flexibility index (Phi) is 6.16. The molecule has 0 unspecified atom stereocenters. The van der Waals surface area contributed by atoms with Gasteiger partial charge in [0.25, 0.3) is 0 Å². The van der Waals surface area contributed by atoms with Gasteiger partial charge in [-0.25, -0.2) is 0 Å². The molecule has 4 heteroatoms. The summed E-state index contributed by atoms with van der Waals surface area (Å²) < 4.78 is 1.95. The molecule has 0 amide bonds. The second-order valence-corrected chi connectivity index (χ2v) is 5.78. The Balaban J connectivity index is 2.17. The maximum absolute atomic E-state index is 9.71. The molecule has 0 aliphatic heterocycles. The van der Waals surface area contributed by atoms with Crippen molar-refractivity contribution in [3.8, 4) is 0 Å². The van der Waals surface area contributed by atoms with Gasteiger partial charge in [0, 0.05) is 37.4 Å². The summed E-state index contributed by atoms with van der Waals surface area (Å²) in [6, 6.07) is 8.63. The normalized spacial score (nSPS) is 12.8. The van der Waals surface area contributed by atoms with E-state index in [2.05, 4.69) is 61.2 Å². The molecule has 1 aromatic heterocycles. The quantitative estimate of drug-likeness (QED) is 0.815. The smallest absolute Gasteiger partial charge is 0.0587 e. The van der Waals surface area contributed by atoms with Gasteiger partial charge >= 0.3 is 0 Å². The van der Waals surface area contributed by atoms with Gasteiger partial charge in [0.1, 0.15) is 0 Å². The van der Waals surface area contributed by atoms with Crippen molar-refractivity contribution < 1.29 is 5.11 Å². The molecule has 0 aliphatic carbocycles. The third-order valence-electron chi connectivity index (χ3n) is 4.23. The Hall–Kier alpha value is -1.65. The first kappa shape index (κ1) is 16.7. The lowest BCUT2D eigenvalue weighted by atomic mass is 10.1. The van der Waals surface area contributed by atoms with Crippen LogP contribution in [0, 0.1) is 6.92 Å². The minimum absolute atomic E-state index is 0.171. The third-order valence-corrected chi connectivity index (χ3v) is 4.23. The highest BCUT2D eigenvalue weighted by atomic mass is 16.3. The molecule has 0 aliphatic rings. The maximum Gasteiger partial charge on any atom is 0.0587 e. The van der Waals surface area contributed by atoms with Crippen molar-refractivity contribution in [1.29, 1.82) is 0 Å². The number of aryl methyl sites for hydroxylation is 2. The molecule has 1 atom stereocenters. The molecular formula is C18H27N3O. The van der Waals surface area contributed by atoms with Crippen LogP contribution in [0.1, 0.15) is 37.0 Å². The lowest BCUT2D eigenvalue weighted by Crippen LogP contribution is -2.36. The van der Waals surface area contributed by atoms with Crippen LogP contribution in [0.15, 0.2) is 36.7 Å². The molecule has 120 valence electrons. The van der Waals surface area contributed by atoms with E-state index in [0.29, 0.717) is 0 Å². The molecule has 1 heterocycles. The van der Waals surface area contributed by atoms with Gasteiger partial charge in [0.2, 0.25) is 0 Å². The number of benzene rings is 1. The van der Waals surface area contributed by atoms with Gasteiger partial charge in [0.05, 0.1) is 12.8 Å².